The van der Waals surface area contributed by atoms with E-state index < -0.39 is 0 Å². The molecule has 0 heterocycles. The molecule has 0 aromatic carbocycles. The summed E-state index contributed by atoms with van der Waals surface area (Å²) in [6.07, 6.45) is 14.9. The predicted molar refractivity (Wildman–Crippen MR) is 75.4 cm³/mol. The predicted octanol–water partition coefficient (Wildman–Crippen LogP) is 4.63. The van der Waals surface area contributed by atoms with Crippen molar-refractivity contribution in [2.24, 2.45) is 5.92 Å². The summed E-state index contributed by atoms with van der Waals surface area (Å²) < 4.78 is 5.25. The monoisotopic (exact) mass is 252 g/mol. The van der Waals surface area contributed by atoms with Crippen LogP contribution in [0, 0.1) is 5.92 Å². The molecular formula is C16H28O2. The lowest BCUT2D eigenvalue weighted by molar-refractivity contribution is -0.148. The van der Waals surface area contributed by atoms with Gasteiger partial charge >= 0.3 is 5.97 Å². The van der Waals surface area contributed by atoms with Crippen LogP contribution < -0.4 is 0 Å². The van der Waals surface area contributed by atoms with Crippen LogP contribution in [-0.2, 0) is 9.53 Å². The van der Waals surface area contributed by atoms with Crippen LogP contribution in [0.2, 0.25) is 0 Å². The second-order valence-electron chi connectivity index (χ2n) is 5.43. The van der Waals surface area contributed by atoms with E-state index in [1.54, 1.807) is 0 Å². The number of carbonyl (C=O) groups excluding carboxylic acids is 1. The van der Waals surface area contributed by atoms with Gasteiger partial charge in [-0.1, -0.05) is 31.9 Å². The fourth-order valence-electron chi connectivity index (χ4n) is 2.34. The molecule has 0 saturated heterocycles. The van der Waals surface area contributed by atoms with Gasteiger partial charge in [0.25, 0.3) is 0 Å². The maximum absolute atomic E-state index is 11.4. The van der Waals surface area contributed by atoms with Gasteiger partial charge in [-0.05, 0) is 51.4 Å². The van der Waals surface area contributed by atoms with Gasteiger partial charge in [0, 0.05) is 6.42 Å². The summed E-state index contributed by atoms with van der Waals surface area (Å²) in [5.41, 5.74) is 0. The highest BCUT2D eigenvalue weighted by Crippen LogP contribution is 2.22. The van der Waals surface area contributed by atoms with Crippen LogP contribution in [0.15, 0.2) is 12.2 Å². The Morgan fingerprint density at radius 3 is 2.89 bits per heavy atom. The first-order valence-electron chi connectivity index (χ1n) is 7.58. The van der Waals surface area contributed by atoms with Gasteiger partial charge in [-0.2, -0.15) is 0 Å². The molecule has 1 aliphatic carbocycles. The van der Waals surface area contributed by atoms with Gasteiger partial charge in [0.15, 0.2) is 0 Å². The maximum atomic E-state index is 11.4. The molecule has 104 valence electrons. The van der Waals surface area contributed by atoms with Crippen LogP contribution in [0.1, 0.15) is 71.6 Å². The molecule has 0 aliphatic heterocycles. The molecule has 0 fully saturated rings. The molecule has 1 rings (SSSR count). The summed E-state index contributed by atoms with van der Waals surface area (Å²) in [6.45, 7) is 3.99. The van der Waals surface area contributed by atoms with Gasteiger partial charge in [0.2, 0.25) is 0 Å². The highest BCUT2D eigenvalue weighted by Gasteiger charge is 2.09. The van der Waals surface area contributed by atoms with Crippen LogP contribution >= 0.6 is 0 Å². The Morgan fingerprint density at radius 2 is 2.22 bits per heavy atom. The second kappa shape index (κ2) is 9.18. The zero-order chi connectivity index (χ0) is 13.2. The molecule has 2 atom stereocenters. The van der Waals surface area contributed by atoms with E-state index >= 15 is 0 Å². The lowest BCUT2D eigenvalue weighted by atomic mass is 9.91. The molecule has 0 unspecified atom stereocenters. The van der Waals surface area contributed by atoms with Crippen molar-refractivity contribution in [3.8, 4) is 0 Å². The van der Waals surface area contributed by atoms with E-state index in [0.29, 0.717) is 6.42 Å². The highest BCUT2D eigenvalue weighted by molar-refractivity contribution is 5.69. The Morgan fingerprint density at radius 1 is 1.39 bits per heavy atom. The van der Waals surface area contributed by atoms with Crippen molar-refractivity contribution in [2.45, 2.75) is 77.7 Å². The van der Waals surface area contributed by atoms with E-state index in [0.717, 1.165) is 25.2 Å². The van der Waals surface area contributed by atoms with E-state index in [4.69, 9.17) is 4.74 Å². The van der Waals surface area contributed by atoms with Crippen molar-refractivity contribution in [3.63, 3.8) is 0 Å². The van der Waals surface area contributed by atoms with Gasteiger partial charge in [-0.15, -0.1) is 0 Å². The summed E-state index contributed by atoms with van der Waals surface area (Å²) >= 11 is 0. The normalized spacial score (nSPS) is 20.7. The van der Waals surface area contributed by atoms with E-state index in [1.165, 1.54) is 32.1 Å². The quantitative estimate of drug-likeness (QED) is 0.357. The molecule has 0 bridgehead atoms. The summed E-state index contributed by atoms with van der Waals surface area (Å²) in [5, 5.41) is 0. The van der Waals surface area contributed by atoms with Gasteiger partial charge < -0.3 is 4.74 Å². The Labute approximate surface area is 112 Å². The number of hydrogen-bond acceptors (Lipinski definition) is 2. The van der Waals surface area contributed by atoms with Crippen LogP contribution in [0.5, 0.6) is 0 Å². The van der Waals surface area contributed by atoms with E-state index in [-0.39, 0.29) is 12.1 Å². The average Bonchev–Trinajstić information content (AvgIpc) is 2.39. The number of hydrogen-bond donors (Lipinski definition) is 0. The highest BCUT2D eigenvalue weighted by atomic mass is 16.5. The van der Waals surface area contributed by atoms with Crippen molar-refractivity contribution >= 4 is 5.97 Å². The molecule has 0 aromatic heterocycles. The number of ether oxygens (including phenoxy) is 1. The SMILES string of the molecule is CC[C@@H](C)OC(=O)CCCCC[C@@H]1C=CCCC1. The van der Waals surface area contributed by atoms with Crippen LogP contribution in [0.25, 0.3) is 0 Å². The van der Waals surface area contributed by atoms with Gasteiger partial charge in [-0.25, -0.2) is 0 Å². The van der Waals surface area contributed by atoms with Crippen molar-refractivity contribution < 1.29 is 9.53 Å². The van der Waals surface area contributed by atoms with Crippen LogP contribution in [-0.4, -0.2) is 12.1 Å². The average molecular weight is 252 g/mol. The van der Waals surface area contributed by atoms with Gasteiger partial charge in [-0.3, -0.25) is 4.79 Å². The zero-order valence-electron chi connectivity index (χ0n) is 12.0. The Bertz CT molecular complexity index is 258. The number of rotatable bonds is 8. The molecule has 2 heteroatoms. The molecule has 0 aromatic rings. The molecule has 18 heavy (non-hydrogen) atoms. The van der Waals surface area contributed by atoms with E-state index in [1.807, 2.05) is 13.8 Å². The largest absolute Gasteiger partial charge is 0.463 e. The minimum Gasteiger partial charge on any atom is -0.463 e. The fourth-order valence-corrected chi connectivity index (χ4v) is 2.34. The topological polar surface area (TPSA) is 26.3 Å². The van der Waals surface area contributed by atoms with E-state index in [2.05, 4.69) is 12.2 Å². The van der Waals surface area contributed by atoms with Gasteiger partial charge in [0.1, 0.15) is 0 Å². The lowest BCUT2D eigenvalue weighted by Crippen LogP contribution is -2.13. The third-order valence-corrected chi connectivity index (χ3v) is 3.72. The smallest absolute Gasteiger partial charge is 0.306 e. The molecule has 1 aliphatic rings. The summed E-state index contributed by atoms with van der Waals surface area (Å²) in [6, 6.07) is 0. The molecule has 0 N–H and O–H groups in total. The third kappa shape index (κ3) is 6.83. The maximum Gasteiger partial charge on any atom is 0.306 e. The summed E-state index contributed by atoms with van der Waals surface area (Å²) in [5.74, 6) is 0.771. The number of unbranched alkanes of at least 4 members (excludes halogenated alkanes) is 2. The Hall–Kier alpha value is -0.790. The molecule has 2 nitrogen and oxygen atoms in total. The first-order valence-corrected chi connectivity index (χ1v) is 7.58. The number of carbonyl (C=O) groups is 1. The molecular weight excluding hydrogens is 224 g/mol. The number of allylic oxidation sites excluding steroid dienone is 2. The van der Waals surface area contributed by atoms with Crippen molar-refractivity contribution in [1.82, 2.24) is 0 Å². The summed E-state index contributed by atoms with van der Waals surface area (Å²) in [7, 11) is 0. The molecule has 0 radical (unpaired) electrons. The summed E-state index contributed by atoms with van der Waals surface area (Å²) in [4.78, 5) is 11.4. The van der Waals surface area contributed by atoms with Crippen molar-refractivity contribution in [2.75, 3.05) is 0 Å². The van der Waals surface area contributed by atoms with Crippen LogP contribution in [0.3, 0.4) is 0 Å². The first-order chi connectivity index (χ1) is 8.72. The Balaban J connectivity index is 1.96. The van der Waals surface area contributed by atoms with Crippen molar-refractivity contribution in [1.29, 1.82) is 0 Å². The molecule has 0 spiro atoms. The minimum absolute atomic E-state index is 0.0260. The first kappa shape index (κ1) is 15.3. The van der Waals surface area contributed by atoms with Crippen molar-refractivity contribution in [3.05, 3.63) is 12.2 Å². The lowest BCUT2D eigenvalue weighted by Gasteiger charge is -2.15. The van der Waals surface area contributed by atoms with E-state index in [9.17, 15) is 4.79 Å². The number of esters is 1. The third-order valence-electron chi connectivity index (χ3n) is 3.72. The molecule has 0 amide bonds. The van der Waals surface area contributed by atoms with Gasteiger partial charge in [0.05, 0.1) is 6.10 Å². The molecule has 0 saturated carbocycles. The zero-order valence-corrected chi connectivity index (χ0v) is 12.0. The second-order valence-corrected chi connectivity index (χ2v) is 5.43. The Kier molecular flexibility index (Phi) is 7.79. The minimum atomic E-state index is -0.0260. The van der Waals surface area contributed by atoms with Crippen LogP contribution in [0.4, 0.5) is 0 Å². The fraction of sp³-hybridized carbons (Fsp3) is 0.812. The standard InChI is InChI=1S/C16H28O2/c1-3-14(2)18-16(17)13-9-5-8-12-15-10-6-4-7-11-15/h6,10,14-15H,3-5,7-9,11-13H2,1-2H3/t14-,15-/m1/s1.